The zero-order chi connectivity index (χ0) is 13.5. The summed E-state index contributed by atoms with van der Waals surface area (Å²) in [5, 5.41) is 2.94. The first-order valence-corrected chi connectivity index (χ1v) is 8.13. The van der Waals surface area contributed by atoms with Crippen LogP contribution >= 0.6 is 0 Å². The van der Waals surface area contributed by atoms with E-state index < -0.39 is 9.84 Å². The Balaban J connectivity index is 1.86. The molecule has 1 unspecified atom stereocenters. The molecule has 2 aromatic rings. The quantitative estimate of drug-likeness (QED) is 0.863. The first-order valence-electron chi connectivity index (χ1n) is 6.31. The molecule has 0 amide bonds. The molecule has 1 atom stereocenters. The minimum Gasteiger partial charge on any atom is -0.276 e. The maximum absolute atomic E-state index is 11.6. The Morgan fingerprint density at radius 2 is 2.26 bits per heavy atom. The summed E-state index contributed by atoms with van der Waals surface area (Å²) in [4.78, 5) is 15.9. The average Bonchev–Trinajstić information content (AvgIpc) is 2.71. The predicted octanol–water partition coefficient (Wildman–Crippen LogP) is 0.390. The molecule has 6 nitrogen and oxygen atoms in total. The molecule has 19 heavy (non-hydrogen) atoms. The number of rotatable bonds is 2. The van der Waals surface area contributed by atoms with E-state index in [0.29, 0.717) is 30.1 Å². The van der Waals surface area contributed by atoms with Crippen LogP contribution in [0.4, 0.5) is 0 Å². The molecular formula is C12H15N3O3S. The van der Waals surface area contributed by atoms with Crippen LogP contribution in [0.2, 0.25) is 0 Å². The first-order chi connectivity index (χ1) is 9.03. The molecule has 1 aliphatic heterocycles. The number of aromatic amines is 1. The highest BCUT2D eigenvalue weighted by Crippen LogP contribution is 2.21. The van der Waals surface area contributed by atoms with Crippen molar-refractivity contribution in [1.82, 2.24) is 14.6 Å². The van der Waals surface area contributed by atoms with Crippen molar-refractivity contribution in [3.8, 4) is 0 Å². The molecule has 2 aromatic heterocycles. The van der Waals surface area contributed by atoms with E-state index >= 15 is 0 Å². The SMILES string of the molecule is O=c1cccc2nc(CC3CCCS(=O)(=O)C3)[nH]n12. The van der Waals surface area contributed by atoms with Gasteiger partial charge in [-0.2, -0.15) is 0 Å². The Morgan fingerprint density at radius 3 is 3.00 bits per heavy atom. The molecule has 0 aromatic carbocycles. The van der Waals surface area contributed by atoms with E-state index in [-0.39, 0.29) is 17.2 Å². The third-order valence-corrected chi connectivity index (χ3v) is 5.35. The van der Waals surface area contributed by atoms with Crippen LogP contribution in [-0.4, -0.2) is 34.5 Å². The number of sulfone groups is 1. The van der Waals surface area contributed by atoms with Crippen molar-refractivity contribution < 1.29 is 8.42 Å². The van der Waals surface area contributed by atoms with Crippen LogP contribution in [0.25, 0.3) is 5.65 Å². The molecule has 7 heteroatoms. The summed E-state index contributed by atoms with van der Waals surface area (Å²) in [5.74, 6) is 1.28. The lowest BCUT2D eigenvalue weighted by Crippen LogP contribution is -2.26. The van der Waals surface area contributed by atoms with Crippen molar-refractivity contribution in [3.63, 3.8) is 0 Å². The minimum atomic E-state index is -2.90. The van der Waals surface area contributed by atoms with E-state index in [9.17, 15) is 13.2 Å². The Bertz CT molecular complexity index is 760. The highest BCUT2D eigenvalue weighted by molar-refractivity contribution is 7.91. The van der Waals surface area contributed by atoms with Gasteiger partial charge < -0.3 is 0 Å². The molecule has 1 saturated heterocycles. The zero-order valence-electron chi connectivity index (χ0n) is 10.4. The van der Waals surface area contributed by atoms with Crippen molar-refractivity contribution in [1.29, 1.82) is 0 Å². The van der Waals surface area contributed by atoms with Gasteiger partial charge in [-0.25, -0.2) is 17.9 Å². The molecule has 3 rings (SSSR count). The fourth-order valence-electron chi connectivity index (χ4n) is 2.61. The number of H-pyrrole nitrogens is 1. The Morgan fingerprint density at radius 1 is 1.42 bits per heavy atom. The summed E-state index contributed by atoms with van der Waals surface area (Å²) >= 11 is 0. The van der Waals surface area contributed by atoms with E-state index in [4.69, 9.17) is 0 Å². The smallest absolute Gasteiger partial charge is 0.271 e. The Labute approximate surface area is 110 Å². The number of nitrogens with one attached hydrogen (secondary N) is 1. The lowest BCUT2D eigenvalue weighted by atomic mass is 10.0. The van der Waals surface area contributed by atoms with Crippen LogP contribution < -0.4 is 5.56 Å². The van der Waals surface area contributed by atoms with E-state index in [1.54, 1.807) is 12.1 Å². The largest absolute Gasteiger partial charge is 0.276 e. The van der Waals surface area contributed by atoms with Crippen LogP contribution in [0.1, 0.15) is 18.7 Å². The lowest BCUT2D eigenvalue weighted by Gasteiger charge is -2.20. The van der Waals surface area contributed by atoms with Crippen LogP contribution in [0.5, 0.6) is 0 Å². The molecule has 3 heterocycles. The standard InChI is InChI=1S/C12H15N3O3S/c16-12-5-1-4-11-13-10(14-15(11)12)7-9-3-2-6-19(17,18)8-9/h1,4-5,9H,2-3,6-8H2,(H,13,14). The highest BCUT2D eigenvalue weighted by atomic mass is 32.2. The molecule has 0 saturated carbocycles. The maximum Gasteiger partial charge on any atom is 0.271 e. The van der Waals surface area contributed by atoms with E-state index in [1.807, 2.05) is 0 Å². The van der Waals surface area contributed by atoms with Crippen molar-refractivity contribution in [2.75, 3.05) is 11.5 Å². The summed E-state index contributed by atoms with van der Waals surface area (Å²) in [7, 11) is -2.90. The third-order valence-electron chi connectivity index (χ3n) is 3.46. The number of aromatic nitrogens is 3. The van der Waals surface area contributed by atoms with E-state index in [0.717, 1.165) is 6.42 Å². The average molecular weight is 281 g/mol. The maximum atomic E-state index is 11.6. The summed E-state index contributed by atoms with van der Waals surface area (Å²) in [5.41, 5.74) is 0.411. The molecule has 1 N–H and O–H groups in total. The second-order valence-corrected chi connectivity index (χ2v) is 7.28. The summed E-state index contributed by atoms with van der Waals surface area (Å²) < 4.78 is 24.6. The normalized spacial score (nSPS) is 22.6. The van der Waals surface area contributed by atoms with Gasteiger partial charge in [0.2, 0.25) is 0 Å². The van der Waals surface area contributed by atoms with Crippen molar-refractivity contribution >= 4 is 15.5 Å². The zero-order valence-corrected chi connectivity index (χ0v) is 11.2. The van der Waals surface area contributed by atoms with Gasteiger partial charge in [0.05, 0.1) is 11.5 Å². The van der Waals surface area contributed by atoms with Gasteiger partial charge in [-0.3, -0.25) is 9.89 Å². The van der Waals surface area contributed by atoms with Crippen molar-refractivity contribution in [2.24, 2.45) is 5.92 Å². The fraction of sp³-hybridized carbons (Fsp3) is 0.500. The number of nitrogens with zero attached hydrogens (tertiary/aromatic N) is 2. The van der Waals surface area contributed by atoms with Crippen LogP contribution in [0, 0.1) is 5.92 Å². The molecule has 1 aliphatic rings. The number of fused-ring (bicyclic) bond motifs is 1. The summed E-state index contributed by atoms with van der Waals surface area (Å²) in [6, 6.07) is 4.87. The molecule has 0 radical (unpaired) electrons. The van der Waals surface area contributed by atoms with Crippen LogP contribution in [0.3, 0.4) is 0 Å². The third kappa shape index (κ3) is 2.56. The Kier molecular flexibility index (Phi) is 2.93. The minimum absolute atomic E-state index is 0.0926. The summed E-state index contributed by atoms with van der Waals surface area (Å²) in [6.45, 7) is 0. The molecule has 0 spiro atoms. The molecule has 102 valence electrons. The number of hydrogen-bond donors (Lipinski definition) is 1. The summed E-state index contributed by atoms with van der Waals surface area (Å²) in [6.07, 6.45) is 2.18. The van der Waals surface area contributed by atoms with Gasteiger partial charge in [0, 0.05) is 12.5 Å². The van der Waals surface area contributed by atoms with Crippen molar-refractivity contribution in [3.05, 3.63) is 34.4 Å². The van der Waals surface area contributed by atoms with Gasteiger partial charge in [-0.1, -0.05) is 6.07 Å². The highest BCUT2D eigenvalue weighted by Gasteiger charge is 2.25. The molecule has 1 fully saturated rings. The van der Waals surface area contributed by atoms with Gasteiger partial charge in [0.1, 0.15) is 5.82 Å². The lowest BCUT2D eigenvalue weighted by molar-refractivity contribution is 0.475. The molecule has 0 bridgehead atoms. The van der Waals surface area contributed by atoms with Gasteiger partial charge in [-0.15, -0.1) is 0 Å². The van der Waals surface area contributed by atoms with Gasteiger partial charge in [0.15, 0.2) is 15.5 Å². The van der Waals surface area contributed by atoms with Gasteiger partial charge >= 0.3 is 0 Å². The van der Waals surface area contributed by atoms with E-state index in [1.165, 1.54) is 10.6 Å². The van der Waals surface area contributed by atoms with E-state index in [2.05, 4.69) is 10.1 Å². The molecule has 0 aliphatic carbocycles. The predicted molar refractivity (Wildman–Crippen MR) is 70.9 cm³/mol. The van der Waals surface area contributed by atoms with Crippen LogP contribution in [0.15, 0.2) is 23.0 Å². The van der Waals surface area contributed by atoms with Gasteiger partial charge in [0.25, 0.3) is 5.56 Å². The Hall–Kier alpha value is -1.63. The fourth-order valence-corrected chi connectivity index (χ4v) is 4.39. The first kappa shape index (κ1) is 12.4. The second-order valence-electron chi connectivity index (χ2n) is 5.05. The number of hydrogen-bond acceptors (Lipinski definition) is 4. The number of pyridine rings is 1. The topological polar surface area (TPSA) is 84.3 Å². The second kappa shape index (κ2) is 4.48. The van der Waals surface area contributed by atoms with Gasteiger partial charge in [-0.05, 0) is 24.8 Å². The molecular weight excluding hydrogens is 266 g/mol. The van der Waals surface area contributed by atoms with Crippen molar-refractivity contribution in [2.45, 2.75) is 19.3 Å². The monoisotopic (exact) mass is 281 g/mol. The van der Waals surface area contributed by atoms with Crippen LogP contribution in [-0.2, 0) is 16.3 Å².